The summed E-state index contributed by atoms with van der Waals surface area (Å²) in [6, 6.07) is 15.7. The summed E-state index contributed by atoms with van der Waals surface area (Å²) in [4.78, 5) is 32.6. The molecule has 2 aliphatic heterocycles. The lowest BCUT2D eigenvalue weighted by molar-refractivity contribution is -0.136. The van der Waals surface area contributed by atoms with E-state index in [1.807, 2.05) is 59.7 Å². The molecule has 2 aromatic rings. The average molecular weight is 430 g/mol. The van der Waals surface area contributed by atoms with Crippen molar-refractivity contribution >= 4 is 46.6 Å². The SMILES string of the molecule is CSc1cccc(N2C[C@H](C(=O)N3CCN(c4cccc(Cl)c4)CC3)CC2=O)c1. The Morgan fingerprint density at radius 2 is 1.76 bits per heavy atom. The van der Waals surface area contributed by atoms with Gasteiger partial charge in [0.2, 0.25) is 11.8 Å². The fourth-order valence-electron chi connectivity index (χ4n) is 4.02. The zero-order valence-electron chi connectivity index (χ0n) is 16.4. The van der Waals surface area contributed by atoms with Crippen molar-refractivity contribution in [2.75, 3.05) is 48.8 Å². The van der Waals surface area contributed by atoms with Crippen LogP contribution in [0, 0.1) is 5.92 Å². The summed E-state index contributed by atoms with van der Waals surface area (Å²) in [5, 5.41) is 0.719. The van der Waals surface area contributed by atoms with Crippen molar-refractivity contribution in [3.05, 3.63) is 53.6 Å². The van der Waals surface area contributed by atoms with Gasteiger partial charge in [0.1, 0.15) is 0 Å². The molecule has 2 aromatic carbocycles. The van der Waals surface area contributed by atoms with Crippen LogP contribution >= 0.6 is 23.4 Å². The molecule has 0 spiro atoms. The van der Waals surface area contributed by atoms with E-state index in [2.05, 4.69) is 4.90 Å². The minimum atomic E-state index is -0.266. The maximum Gasteiger partial charge on any atom is 0.228 e. The minimum absolute atomic E-state index is 0.0270. The molecule has 0 aliphatic carbocycles. The number of carbonyl (C=O) groups excluding carboxylic acids is 2. The summed E-state index contributed by atoms with van der Waals surface area (Å²) in [6.45, 7) is 3.33. The molecule has 0 bridgehead atoms. The molecule has 2 saturated heterocycles. The molecule has 2 fully saturated rings. The zero-order valence-corrected chi connectivity index (χ0v) is 18.0. The largest absolute Gasteiger partial charge is 0.368 e. The molecule has 2 heterocycles. The third kappa shape index (κ3) is 4.38. The predicted molar refractivity (Wildman–Crippen MR) is 119 cm³/mol. The van der Waals surface area contributed by atoms with Crippen molar-refractivity contribution in [2.45, 2.75) is 11.3 Å². The number of rotatable bonds is 4. The number of benzene rings is 2. The van der Waals surface area contributed by atoms with Crippen LogP contribution in [0.2, 0.25) is 5.02 Å². The van der Waals surface area contributed by atoms with Crippen LogP contribution < -0.4 is 9.80 Å². The molecule has 1 atom stereocenters. The summed E-state index contributed by atoms with van der Waals surface area (Å²) in [5.74, 6) is -0.148. The van der Waals surface area contributed by atoms with E-state index in [4.69, 9.17) is 11.6 Å². The third-order valence-electron chi connectivity index (χ3n) is 5.60. The first-order valence-electron chi connectivity index (χ1n) is 9.79. The fraction of sp³-hybridized carbons (Fsp3) is 0.364. The van der Waals surface area contributed by atoms with Crippen LogP contribution in [0.15, 0.2) is 53.4 Å². The predicted octanol–water partition coefficient (Wildman–Crippen LogP) is 3.76. The molecule has 5 nitrogen and oxygen atoms in total. The van der Waals surface area contributed by atoms with Gasteiger partial charge < -0.3 is 14.7 Å². The van der Waals surface area contributed by atoms with Crippen molar-refractivity contribution in [1.29, 1.82) is 0 Å². The third-order valence-corrected chi connectivity index (χ3v) is 6.56. The fourth-order valence-corrected chi connectivity index (χ4v) is 4.65. The Kier molecular flexibility index (Phi) is 6.01. The standard InChI is InChI=1S/C22H24ClN3O2S/c1-29-20-7-3-6-19(14-20)26-15-16(12-21(26)27)22(28)25-10-8-24(9-11-25)18-5-2-4-17(23)13-18/h2-7,13-14,16H,8-12,15H2,1H3/t16-/m1/s1. The first-order chi connectivity index (χ1) is 14.0. The zero-order chi connectivity index (χ0) is 20.4. The molecule has 4 rings (SSSR count). The van der Waals surface area contributed by atoms with Gasteiger partial charge in [-0.1, -0.05) is 23.7 Å². The maximum atomic E-state index is 13.0. The van der Waals surface area contributed by atoms with Crippen molar-refractivity contribution in [2.24, 2.45) is 5.92 Å². The van der Waals surface area contributed by atoms with Gasteiger partial charge in [0.15, 0.2) is 0 Å². The van der Waals surface area contributed by atoms with Crippen LogP contribution in [0.5, 0.6) is 0 Å². The van der Waals surface area contributed by atoms with E-state index in [0.29, 0.717) is 19.6 Å². The summed E-state index contributed by atoms with van der Waals surface area (Å²) >= 11 is 7.74. The quantitative estimate of drug-likeness (QED) is 0.694. The van der Waals surface area contributed by atoms with Gasteiger partial charge in [-0.3, -0.25) is 9.59 Å². The van der Waals surface area contributed by atoms with Crippen LogP contribution in [-0.4, -0.2) is 55.7 Å². The number of nitrogens with zero attached hydrogens (tertiary/aromatic N) is 3. The number of hydrogen-bond donors (Lipinski definition) is 0. The van der Waals surface area contributed by atoms with Gasteiger partial charge in [-0.15, -0.1) is 11.8 Å². The highest BCUT2D eigenvalue weighted by atomic mass is 35.5. The molecular formula is C22H24ClN3O2S. The number of amides is 2. The van der Waals surface area contributed by atoms with Gasteiger partial charge in [-0.05, 0) is 42.7 Å². The van der Waals surface area contributed by atoms with E-state index in [1.165, 1.54) is 0 Å². The average Bonchev–Trinajstić information content (AvgIpc) is 3.15. The monoisotopic (exact) mass is 429 g/mol. The van der Waals surface area contributed by atoms with Gasteiger partial charge in [-0.2, -0.15) is 0 Å². The Morgan fingerprint density at radius 3 is 2.48 bits per heavy atom. The van der Waals surface area contributed by atoms with Crippen molar-refractivity contribution in [3.8, 4) is 0 Å². The molecule has 0 saturated carbocycles. The molecule has 152 valence electrons. The number of carbonyl (C=O) groups is 2. The Balaban J connectivity index is 1.37. The molecule has 0 unspecified atom stereocenters. The summed E-state index contributed by atoms with van der Waals surface area (Å²) < 4.78 is 0. The van der Waals surface area contributed by atoms with Crippen molar-refractivity contribution in [3.63, 3.8) is 0 Å². The van der Waals surface area contributed by atoms with Crippen molar-refractivity contribution < 1.29 is 9.59 Å². The molecule has 7 heteroatoms. The van der Waals surface area contributed by atoms with Crippen LogP contribution in [0.1, 0.15) is 6.42 Å². The van der Waals surface area contributed by atoms with Crippen molar-refractivity contribution in [1.82, 2.24) is 4.90 Å². The Labute approximate surface area is 180 Å². The molecule has 29 heavy (non-hydrogen) atoms. The Morgan fingerprint density at radius 1 is 1.03 bits per heavy atom. The van der Waals surface area contributed by atoms with E-state index in [1.54, 1.807) is 16.7 Å². The molecular weight excluding hydrogens is 406 g/mol. The number of halogens is 1. The molecule has 0 radical (unpaired) electrons. The highest BCUT2D eigenvalue weighted by Gasteiger charge is 2.38. The molecule has 0 N–H and O–H groups in total. The number of thioether (sulfide) groups is 1. The number of anilines is 2. The number of piperazine rings is 1. The van der Waals surface area contributed by atoms with Gasteiger partial charge >= 0.3 is 0 Å². The first-order valence-corrected chi connectivity index (χ1v) is 11.4. The summed E-state index contributed by atoms with van der Waals surface area (Å²) in [7, 11) is 0. The number of hydrogen-bond acceptors (Lipinski definition) is 4. The van der Waals surface area contributed by atoms with E-state index < -0.39 is 0 Å². The summed E-state index contributed by atoms with van der Waals surface area (Å²) in [5.41, 5.74) is 1.96. The molecule has 0 aromatic heterocycles. The van der Waals surface area contributed by atoms with E-state index >= 15 is 0 Å². The second-order valence-electron chi connectivity index (χ2n) is 7.40. The lowest BCUT2D eigenvalue weighted by Gasteiger charge is -2.37. The highest BCUT2D eigenvalue weighted by molar-refractivity contribution is 7.98. The molecule has 2 amide bonds. The van der Waals surface area contributed by atoms with Crippen LogP contribution in [0.4, 0.5) is 11.4 Å². The maximum absolute atomic E-state index is 13.0. The molecule has 2 aliphatic rings. The van der Waals surface area contributed by atoms with Crippen LogP contribution in [0.25, 0.3) is 0 Å². The topological polar surface area (TPSA) is 43.9 Å². The normalized spacial score (nSPS) is 19.7. The van der Waals surface area contributed by atoms with Gasteiger partial charge in [0.25, 0.3) is 0 Å². The lowest BCUT2D eigenvalue weighted by atomic mass is 10.1. The van der Waals surface area contributed by atoms with Gasteiger partial charge in [-0.25, -0.2) is 0 Å². The second kappa shape index (κ2) is 8.67. The smallest absolute Gasteiger partial charge is 0.228 e. The van der Waals surface area contributed by atoms with E-state index in [9.17, 15) is 9.59 Å². The minimum Gasteiger partial charge on any atom is -0.368 e. The van der Waals surface area contributed by atoms with Crippen LogP contribution in [-0.2, 0) is 9.59 Å². The summed E-state index contributed by atoms with van der Waals surface area (Å²) in [6.07, 6.45) is 2.30. The lowest BCUT2D eigenvalue weighted by Crippen LogP contribution is -2.50. The first kappa shape index (κ1) is 20.1. The Bertz CT molecular complexity index is 914. The second-order valence-corrected chi connectivity index (χ2v) is 8.72. The van der Waals surface area contributed by atoms with Gasteiger partial charge in [0.05, 0.1) is 5.92 Å². The Hall–Kier alpha value is -2.18. The van der Waals surface area contributed by atoms with E-state index in [-0.39, 0.29) is 24.2 Å². The highest BCUT2D eigenvalue weighted by Crippen LogP contribution is 2.29. The van der Waals surface area contributed by atoms with Crippen LogP contribution in [0.3, 0.4) is 0 Å². The van der Waals surface area contributed by atoms with Gasteiger partial charge in [0, 0.05) is 60.4 Å². The van der Waals surface area contributed by atoms with E-state index in [0.717, 1.165) is 34.4 Å².